The van der Waals surface area contributed by atoms with Gasteiger partial charge in [0, 0.05) is 35.8 Å². The van der Waals surface area contributed by atoms with Crippen molar-refractivity contribution in [2.45, 2.75) is 12.8 Å². The summed E-state index contributed by atoms with van der Waals surface area (Å²) in [6, 6.07) is 9.85. The van der Waals surface area contributed by atoms with E-state index in [0.717, 1.165) is 4.88 Å². The van der Waals surface area contributed by atoms with Gasteiger partial charge in [-0.25, -0.2) is 0 Å². The summed E-state index contributed by atoms with van der Waals surface area (Å²) in [5.74, 6) is -0.780. The lowest BCUT2D eigenvalue weighted by Crippen LogP contribution is -2.32. The standard InChI is InChI=1S/C17H19N3O5S/c21-16(12-25-17(22)8-7-15-2-1-11-26-15)19-10-9-18-13-3-5-14(6-4-13)20(23)24/h1-6,11,18H,7-10,12H2,(H,19,21). The smallest absolute Gasteiger partial charge is 0.306 e. The number of amides is 1. The van der Waals surface area contributed by atoms with Gasteiger partial charge in [-0.05, 0) is 30.0 Å². The number of ether oxygens (including phenoxy) is 1. The molecule has 1 aromatic heterocycles. The lowest BCUT2D eigenvalue weighted by atomic mass is 10.3. The van der Waals surface area contributed by atoms with E-state index in [4.69, 9.17) is 4.74 Å². The third-order valence-electron chi connectivity index (χ3n) is 3.37. The molecule has 138 valence electrons. The first-order valence-electron chi connectivity index (χ1n) is 7.97. The fraction of sp³-hybridized carbons (Fsp3) is 0.294. The Morgan fingerprint density at radius 2 is 1.92 bits per heavy atom. The van der Waals surface area contributed by atoms with Gasteiger partial charge in [-0.3, -0.25) is 19.7 Å². The first kappa shape index (κ1) is 19.4. The van der Waals surface area contributed by atoms with E-state index >= 15 is 0 Å². The van der Waals surface area contributed by atoms with Crippen molar-refractivity contribution in [1.82, 2.24) is 5.32 Å². The van der Waals surface area contributed by atoms with Crippen molar-refractivity contribution in [2.24, 2.45) is 0 Å². The molecule has 2 N–H and O–H groups in total. The van der Waals surface area contributed by atoms with Gasteiger partial charge in [0.2, 0.25) is 0 Å². The van der Waals surface area contributed by atoms with Crippen LogP contribution < -0.4 is 10.6 Å². The summed E-state index contributed by atoms with van der Waals surface area (Å²) in [6.45, 7) is 0.471. The molecule has 1 heterocycles. The van der Waals surface area contributed by atoms with Crippen molar-refractivity contribution < 1.29 is 19.2 Å². The zero-order valence-corrected chi connectivity index (χ0v) is 14.8. The summed E-state index contributed by atoms with van der Waals surface area (Å²) in [5.41, 5.74) is 0.731. The molecule has 8 nitrogen and oxygen atoms in total. The Balaban J connectivity index is 1.55. The molecule has 1 amide bonds. The van der Waals surface area contributed by atoms with E-state index in [0.29, 0.717) is 25.2 Å². The number of nitro benzene ring substituents is 1. The Morgan fingerprint density at radius 3 is 2.58 bits per heavy atom. The van der Waals surface area contributed by atoms with Crippen LogP contribution in [0.25, 0.3) is 0 Å². The fourth-order valence-electron chi connectivity index (χ4n) is 2.06. The Morgan fingerprint density at radius 1 is 1.15 bits per heavy atom. The molecule has 2 aromatic rings. The summed E-state index contributed by atoms with van der Waals surface area (Å²) in [6.07, 6.45) is 0.854. The maximum absolute atomic E-state index is 11.6. The molecular formula is C17H19N3O5S. The molecule has 2 rings (SSSR count). The number of non-ortho nitro benzene ring substituents is 1. The van der Waals surface area contributed by atoms with Gasteiger partial charge in [-0.15, -0.1) is 11.3 Å². The van der Waals surface area contributed by atoms with E-state index in [9.17, 15) is 19.7 Å². The first-order chi connectivity index (χ1) is 12.5. The SMILES string of the molecule is O=C(COC(=O)CCc1cccs1)NCCNc1ccc([N+](=O)[O-])cc1. The average molecular weight is 377 g/mol. The monoisotopic (exact) mass is 377 g/mol. The lowest BCUT2D eigenvalue weighted by Gasteiger charge is -2.08. The number of nitrogens with one attached hydrogen (secondary N) is 2. The van der Waals surface area contributed by atoms with Crippen LogP contribution in [0.5, 0.6) is 0 Å². The number of hydrogen-bond donors (Lipinski definition) is 2. The number of hydrogen-bond acceptors (Lipinski definition) is 7. The highest BCUT2D eigenvalue weighted by atomic mass is 32.1. The van der Waals surface area contributed by atoms with Crippen molar-refractivity contribution in [3.05, 3.63) is 56.8 Å². The fourth-order valence-corrected chi connectivity index (χ4v) is 2.77. The van der Waals surface area contributed by atoms with Crippen LogP contribution in [0.1, 0.15) is 11.3 Å². The minimum atomic E-state index is -0.467. The van der Waals surface area contributed by atoms with Crippen LogP contribution in [0, 0.1) is 10.1 Å². The van der Waals surface area contributed by atoms with Gasteiger partial charge in [0.15, 0.2) is 6.61 Å². The maximum atomic E-state index is 11.6. The van der Waals surface area contributed by atoms with E-state index < -0.39 is 10.9 Å². The Hall–Kier alpha value is -2.94. The Labute approximate surface area is 154 Å². The van der Waals surface area contributed by atoms with Gasteiger partial charge in [0.25, 0.3) is 11.6 Å². The molecule has 0 aliphatic carbocycles. The zero-order valence-electron chi connectivity index (χ0n) is 14.0. The van der Waals surface area contributed by atoms with Gasteiger partial charge < -0.3 is 15.4 Å². The highest BCUT2D eigenvalue weighted by Crippen LogP contribution is 2.14. The molecule has 0 fully saturated rings. The lowest BCUT2D eigenvalue weighted by molar-refractivity contribution is -0.384. The molecule has 0 spiro atoms. The number of nitro groups is 1. The number of nitrogens with zero attached hydrogens (tertiary/aromatic N) is 1. The van der Waals surface area contributed by atoms with Crippen LogP contribution in [0.4, 0.5) is 11.4 Å². The predicted octanol–water partition coefficient (Wildman–Crippen LogP) is 2.36. The Bertz CT molecular complexity index is 731. The molecule has 0 unspecified atom stereocenters. The summed E-state index contributed by atoms with van der Waals surface area (Å²) in [5, 5.41) is 18.1. The van der Waals surface area contributed by atoms with Gasteiger partial charge >= 0.3 is 5.97 Å². The van der Waals surface area contributed by atoms with Crippen molar-refractivity contribution in [3.8, 4) is 0 Å². The van der Waals surface area contributed by atoms with E-state index in [2.05, 4.69) is 10.6 Å². The quantitative estimate of drug-likeness (QED) is 0.285. The van der Waals surface area contributed by atoms with Gasteiger partial charge in [-0.2, -0.15) is 0 Å². The molecule has 0 saturated heterocycles. The summed E-state index contributed by atoms with van der Waals surface area (Å²) in [7, 11) is 0. The molecule has 0 aliphatic heterocycles. The topological polar surface area (TPSA) is 111 Å². The predicted molar refractivity (Wildman–Crippen MR) is 98.2 cm³/mol. The molecule has 0 radical (unpaired) electrons. The number of carbonyl (C=O) groups is 2. The van der Waals surface area contributed by atoms with E-state index in [1.165, 1.54) is 12.1 Å². The third kappa shape index (κ3) is 6.89. The number of thiophene rings is 1. The number of esters is 1. The van der Waals surface area contributed by atoms with Gasteiger partial charge in [0.1, 0.15) is 0 Å². The molecular weight excluding hydrogens is 358 g/mol. The van der Waals surface area contributed by atoms with Crippen LogP contribution in [-0.4, -0.2) is 36.5 Å². The summed E-state index contributed by atoms with van der Waals surface area (Å²) < 4.78 is 4.92. The first-order valence-corrected chi connectivity index (χ1v) is 8.85. The average Bonchev–Trinajstić information content (AvgIpc) is 3.16. The van der Waals surface area contributed by atoms with Crippen molar-refractivity contribution in [1.29, 1.82) is 0 Å². The van der Waals surface area contributed by atoms with Crippen molar-refractivity contribution >= 4 is 34.6 Å². The molecule has 0 atom stereocenters. The van der Waals surface area contributed by atoms with E-state index in [1.54, 1.807) is 23.5 Å². The number of rotatable bonds is 10. The second-order valence-electron chi connectivity index (χ2n) is 5.32. The van der Waals surface area contributed by atoms with Crippen LogP contribution in [0.3, 0.4) is 0 Å². The normalized spacial score (nSPS) is 10.2. The van der Waals surface area contributed by atoms with E-state index in [-0.39, 0.29) is 24.6 Å². The van der Waals surface area contributed by atoms with Crippen molar-refractivity contribution in [3.63, 3.8) is 0 Å². The van der Waals surface area contributed by atoms with Crippen molar-refractivity contribution in [2.75, 3.05) is 25.0 Å². The second kappa shape index (κ2) is 10.1. The summed E-state index contributed by atoms with van der Waals surface area (Å²) in [4.78, 5) is 34.4. The molecule has 26 heavy (non-hydrogen) atoms. The second-order valence-corrected chi connectivity index (χ2v) is 6.35. The minimum absolute atomic E-state index is 0.0183. The van der Waals surface area contributed by atoms with Gasteiger partial charge in [-0.1, -0.05) is 6.07 Å². The largest absolute Gasteiger partial charge is 0.456 e. The number of carbonyl (C=O) groups excluding carboxylic acids is 2. The Kier molecular flexibility index (Phi) is 7.56. The van der Waals surface area contributed by atoms with Crippen LogP contribution in [0.2, 0.25) is 0 Å². The number of aryl methyl sites for hydroxylation is 1. The third-order valence-corrected chi connectivity index (χ3v) is 4.31. The maximum Gasteiger partial charge on any atom is 0.306 e. The molecule has 1 aromatic carbocycles. The van der Waals surface area contributed by atoms with Crippen LogP contribution >= 0.6 is 11.3 Å². The van der Waals surface area contributed by atoms with Crippen LogP contribution in [0.15, 0.2) is 41.8 Å². The molecule has 0 bridgehead atoms. The van der Waals surface area contributed by atoms with E-state index in [1.807, 2.05) is 17.5 Å². The number of anilines is 1. The van der Waals surface area contributed by atoms with Gasteiger partial charge in [0.05, 0.1) is 11.3 Å². The van der Waals surface area contributed by atoms with Crippen LogP contribution in [-0.2, 0) is 20.7 Å². The molecule has 0 saturated carbocycles. The zero-order chi connectivity index (χ0) is 18.8. The highest BCUT2D eigenvalue weighted by Gasteiger charge is 2.08. The molecule has 0 aliphatic rings. The molecule has 9 heteroatoms. The minimum Gasteiger partial charge on any atom is -0.456 e. The highest BCUT2D eigenvalue weighted by molar-refractivity contribution is 7.09. The number of benzene rings is 1. The summed E-state index contributed by atoms with van der Waals surface area (Å²) >= 11 is 1.58.